The molecule has 2 rings (SSSR count). The Bertz CT molecular complexity index is 754. The summed E-state index contributed by atoms with van der Waals surface area (Å²) >= 11 is 9.31. The average Bonchev–Trinajstić information content (AvgIpc) is 2.50. The first kappa shape index (κ1) is 17.6. The van der Waals surface area contributed by atoms with E-state index in [2.05, 4.69) is 37.8 Å². The molecule has 0 bridgehead atoms. The fourth-order valence-corrected chi connectivity index (χ4v) is 2.75. The summed E-state index contributed by atoms with van der Waals surface area (Å²) in [6.45, 7) is 5.84. The monoisotopic (exact) mass is 402 g/mol. The lowest BCUT2D eigenvalue weighted by Crippen LogP contribution is -2.23. The fourth-order valence-electron chi connectivity index (χ4n) is 2.00. The highest BCUT2D eigenvalue weighted by molar-refractivity contribution is 9.10. The van der Waals surface area contributed by atoms with Gasteiger partial charge in [0.1, 0.15) is 10.3 Å². The average molecular weight is 404 g/mol. The summed E-state index contributed by atoms with van der Waals surface area (Å²) in [6.07, 6.45) is 0. The lowest BCUT2D eigenvalue weighted by Gasteiger charge is -2.26. The molecule has 0 aliphatic carbocycles. The third-order valence-corrected chi connectivity index (χ3v) is 3.85. The molecule has 0 atom stereocenters. The van der Waals surface area contributed by atoms with Crippen LogP contribution in [0.4, 0.5) is 26.1 Å². The molecule has 1 aromatic carbocycles. The minimum atomic E-state index is -0.971. The van der Waals surface area contributed by atoms with Crippen molar-refractivity contribution in [2.75, 3.05) is 23.8 Å². The summed E-state index contributed by atoms with van der Waals surface area (Å²) in [4.78, 5) is 9.66. The molecule has 0 saturated heterocycles. The second-order valence-corrected chi connectivity index (χ2v) is 5.98. The second-order valence-electron chi connectivity index (χ2n) is 4.85. The van der Waals surface area contributed by atoms with Crippen molar-refractivity contribution in [3.05, 3.63) is 51.7 Å². The van der Waals surface area contributed by atoms with Crippen LogP contribution in [0.2, 0.25) is 5.28 Å². The van der Waals surface area contributed by atoms with Crippen LogP contribution in [-0.4, -0.2) is 23.6 Å². The Balaban J connectivity index is 2.67. The van der Waals surface area contributed by atoms with Crippen molar-refractivity contribution in [3.8, 4) is 0 Å². The lowest BCUT2D eigenvalue weighted by molar-refractivity contribution is 0.509. The van der Waals surface area contributed by atoms with E-state index in [9.17, 15) is 8.78 Å². The third-order valence-electron chi connectivity index (χ3n) is 2.95. The van der Waals surface area contributed by atoms with Gasteiger partial charge in [-0.2, -0.15) is 9.97 Å². The number of rotatable bonds is 5. The van der Waals surface area contributed by atoms with Gasteiger partial charge in [0.05, 0.1) is 5.69 Å². The summed E-state index contributed by atoms with van der Waals surface area (Å²) in [6, 6.07) is 3.94. The molecule has 0 amide bonds. The van der Waals surface area contributed by atoms with Crippen molar-refractivity contribution >= 4 is 44.9 Å². The molecule has 1 heterocycles. The zero-order valence-electron chi connectivity index (χ0n) is 12.5. The first-order valence-electron chi connectivity index (χ1n) is 6.61. The van der Waals surface area contributed by atoms with Gasteiger partial charge in [-0.3, -0.25) is 0 Å². The molecule has 0 radical (unpaired) electrons. The maximum Gasteiger partial charge on any atom is 0.226 e. The van der Waals surface area contributed by atoms with E-state index in [1.165, 1.54) is 17.0 Å². The van der Waals surface area contributed by atoms with Gasteiger partial charge in [-0.25, -0.2) is 8.78 Å². The maximum atomic E-state index is 14.2. The molecular formula is C15H14BrClF2N4. The number of nitrogens with zero attached hydrogens (tertiary/aromatic N) is 3. The van der Waals surface area contributed by atoms with E-state index in [1.54, 1.807) is 14.0 Å². The zero-order chi connectivity index (χ0) is 17.1. The van der Waals surface area contributed by atoms with Crippen molar-refractivity contribution in [2.45, 2.75) is 6.92 Å². The molecule has 0 spiro atoms. The number of hydrogen-bond donors (Lipinski definition) is 1. The van der Waals surface area contributed by atoms with Gasteiger partial charge in [0.2, 0.25) is 5.28 Å². The van der Waals surface area contributed by atoms with E-state index < -0.39 is 11.6 Å². The quantitative estimate of drug-likeness (QED) is 0.568. The van der Waals surface area contributed by atoms with E-state index in [1.807, 2.05) is 0 Å². The van der Waals surface area contributed by atoms with Crippen molar-refractivity contribution < 1.29 is 8.78 Å². The summed E-state index contributed by atoms with van der Waals surface area (Å²) < 4.78 is 28.3. The number of nitrogens with one attached hydrogen (secondary N) is 1. The van der Waals surface area contributed by atoms with E-state index in [4.69, 9.17) is 11.6 Å². The number of hydrogen-bond acceptors (Lipinski definition) is 4. The van der Waals surface area contributed by atoms with Gasteiger partial charge >= 0.3 is 0 Å². The van der Waals surface area contributed by atoms with Crippen LogP contribution < -0.4 is 10.2 Å². The molecule has 4 nitrogen and oxygen atoms in total. The van der Waals surface area contributed by atoms with E-state index in [0.717, 1.165) is 11.6 Å². The summed E-state index contributed by atoms with van der Waals surface area (Å²) in [5.41, 5.74) is 0.770. The van der Waals surface area contributed by atoms with Gasteiger partial charge in [-0.05, 0) is 46.6 Å². The molecule has 0 aliphatic rings. The van der Waals surface area contributed by atoms with Gasteiger partial charge < -0.3 is 10.2 Å². The number of benzene rings is 1. The predicted octanol–water partition coefficient (Wildman–Crippen LogP) is 4.93. The first-order chi connectivity index (χ1) is 10.8. The molecule has 0 aliphatic heterocycles. The number of halogens is 4. The van der Waals surface area contributed by atoms with Crippen LogP contribution in [0.15, 0.2) is 34.8 Å². The maximum absolute atomic E-state index is 14.2. The molecule has 1 aromatic heterocycles. The van der Waals surface area contributed by atoms with E-state index >= 15 is 0 Å². The Morgan fingerprint density at radius 1 is 1.39 bits per heavy atom. The third kappa shape index (κ3) is 3.79. The highest BCUT2D eigenvalue weighted by Gasteiger charge is 2.22. The van der Waals surface area contributed by atoms with Crippen LogP contribution in [0.1, 0.15) is 6.92 Å². The Hall–Kier alpha value is -1.73. The fraction of sp³-hybridized carbons (Fsp3) is 0.200. The highest BCUT2D eigenvalue weighted by Crippen LogP contribution is 2.37. The van der Waals surface area contributed by atoms with Crippen LogP contribution in [0, 0.1) is 11.6 Å². The molecule has 2 aromatic rings. The van der Waals surface area contributed by atoms with Crippen molar-refractivity contribution in [1.82, 2.24) is 9.97 Å². The summed E-state index contributed by atoms with van der Waals surface area (Å²) in [7, 11) is 1.67. The SMILES string of the molecule is C=C(C)CN(c1cccc(F)c1F)c1nc(Cl)nc(NC)c1Br. The van der Waals surface area contributed by atoms with Crippen molar-refractivity contribution in [3.63, 3.8) is 0 Å². The Kier molecular flexibility index (Phi) is 5.54. The molecule has 1 N–H and O–H groups in total. The minimum Gasteiger partial charge on any atom is -0.372 e. The van der Waals surface area contributed by atoms with Crippen molar-refractivity contribution in [2.24, 2.45) is 0 Å². The Morgan fingerprint density at radius 2 is 2.09 bits per heavy atom. The minimum absolute atomic E-state index is 0.0175. The molecule has 0 unspecified atom stereocenters. The highest BCUT2D eigenvalue weighted by atomic mass is 79.9. The number of anilines is 3. The number of aromatic nitrogens is 2. The van der Waals surface area contributed by atoms with E-state index in [-0.39, 0.29) is 17.5 Å². The summed E-state index contributed by atoms with van der Waals surface area (Å²) in [5, 5.41) is 2.85. The van der Waals surface area contributed by atoms with Crippen molar-refractivity contribution in [1.29, 1.82) is 0 Å². The second kappa shape index (κ2) is 7.23. The standard InChI is InChI=1S/C15H14BrClF2N4/c1-8(2)7-23(10-6-4-5-9(18)12(10)19)14-11(16)13(20-3)21-15(17)22-14/h4-6H,1,7H2,2-3H3,(H,20,21,22). The molecular weight excluding hydrogens is 390 g/mol. The molecule has 0 saturated carbocycles. The molecule has 8 heteroatoms. The van der Waals surface area contributed by atoms with Crippen LogP contribution in [-0.2, 0) is 0 Å². The van der Waals surface area contributed by atoms with Gasteiger partial charge in [0, 0.05) is 13.6 Å². The Labute approximate surface area is 146 Å². The van der Waals surface area contributed by atoms with Gasteiger partial charge in [-0.1, -0.05) is 18.2 Å². The predicted molar refractivity (Wildman–Crippen MR) is 92.5 cm³/mol. The molecule has 122 valence electrons. The molecule has 0 fully saturated rings. The topological polar surface area (TPSA) is 41.1 Å². The van der Waals surface area contributed by atoms with Crippen LogP contribution in [0.5, 0.6) is 0 Å². The lowest BCUT2D eigenvalue weighted by atomic mass is 10.2. The largest absolute Gasteiger partial charge is 0.372 e. The van der Waals surface area contributed by atoms with Crippen LogP contribution in [0.25, 0.3) is 0 Å². The molecule has 23 heavy (non-hydrogen) atoms. The smallest absolute Gasteiger partial charge is 0.226 e. The van der Waals surface area contributed by atoms with E-state index in [0.29, 0.717) is 16.1 Å². The van der Waals surface area contributed by atoms with Crippen LogP contribution >= 0.6 is 27.5 Å². The van der Waals surface area contributed by atoms with Crippen LogP contribution in [0.3, 0.4) is 0 Å². The first-order valence-corrected chi connectivity index (χ1v) is 7.79. The zero-order valence-corrected chi connectivity index (χ0v) is 14.8. The summed E-state index contributed by atoms with van der Waals surface area (Å²) in [5.74, 6) is -1.17. The van der Waals surface area contributed by atoms with Gasteiger partial charge in [-0.15, -0.1) is 0 Å². The normalized spacial score (nSPS) is 10.5. The van der Waals surface area contributed by atoms with Gasteiger partial charge in [0.25, 0.3) is 0 Å². The van der Waals surface area contributed by atoms with Gasteiger partial charge in [0.15, 0.2) is 17.5 Å². The Morgan fingerprint density at radius 3 is 2.70 bits per heavy atom.